The SMILES string of the molecule is CCC[C@@H](O)CC(O)C(C)C. The highest BCUT2D eigenvalue weighted by Crippen LogP contribution is 2.11. The molecule has 1 unspecified atom stereocenters. The molecule has 0 bridgehead atoms. The van der Waals surface area contributed by atoms with Crippen LogP contribution in [0.1, 0.15) is 40.0 Å². The number of hydrogen-bond acceptors (Lipinski definition) is 2. The minimum Gasteiger partial charge on any atom is -0.393 e. The Morgan fingerprint density at radius 2 is 1.73 bits per heavy atom. The second kappa shape index (κ2) is 5.56. The Hall–Kier alpha value is -0.0800. The second-order valence-electron chi connectivity index (χ2n) is 3.49. The van der Waals surface area contributed by atoms with Crippen molar-refractivity contribution < 1.29 is 10.2 Å². The normalized spacial score (nSPS) is 16.9. The van der Waals surface area contributed by atoms with E-state index in [1.54, 1.807) is 0 Å². The fourth-order valence-electron chi connectivity index (χ4n) is 1.00. The zero-order valence-corrected chi connectivity index (χ0v) is 7.75. The van der Waals surface area contributed by atoms with Crippen LogP contribution in [0.15, 0.2) is 0 Å². The van der Waals surface area contributed by atoms with Gasteiger partial charge in [0.05, 0.1) is 12.2 Å². The third-order valence-corrected chi connectivity index (χ3v) is 1.91. The Morgan fingerprint density at radius 3 is 2.09 bits per heavy atom. The van der Waals surface area contributed by atoms with Crippen LogP contribution in [0.4, 0.5) is 0 Å². The summed E-state index contributed by atoms with van der Waals surface area (Å²) in [5.74, 6) is 0.251. The molecule has 0 aromatic carbocycles. The average molecular weight is 160 g/mol. The summed E-state index contributed by atoms with van der Waals surface area (Å²) in [6.07, 6.45) is 1.62. The molecule has 0 amide bonds. The summed E-state index contributed by atoms with van der Waals surface area (Å²) in [5.41, 5.74) is 0. The van der Waals surface area contributed by atoms with Gasteiger partial charge >= 0.3 is 0 Å². The van der Waals surface area contributed by atoms with Crippen LogP contribution in [0.2, 0.25) is 0 Å². The lowest BCUT2D eigenvalue weighted by molar-refractivity contribution is 0.0497. The largest absolute Gasteiger partial charge is 0.393 e. The topological polar surface area (TPSA) is 40.5 Å². The van der Waals surface area contributed by atoms with Crippen molar-refractivity contribution in [3.8, 4) is 0 Å². The van der Waals surface area contributed by atoms with E-state index in [4.69, 9.17) is 0 Å². The Bertz CT molecular complexity index is 91.6. The Balaban J connectivity index is 3.48. The highest BCUT2D eigenvalue weighted by Gasteiger charge is 2.13. The van der Waals surface area contributed by atoms with Crippen LogP contribution in [0, 0.1) is 5.92 Å². The lowest BCUT2D eigenvalue weighted by Crippen LogP contribution is -2.22. The lowest BCUT2D eigenvalue weighted by Gasteiger charge is -2.17. The molecule has 2 atom stereocenters. The quantitative estimate of drug-likeness (QED) is 0.640. The third kappa shape index (κ3) is 5.22. The highest BCUT2D eigenvalue weighted by atomic mass is 16.3. The summed E-state index contributed by atoms with van der Waals surface area (Å²) < 4.78 is 0. The molecule has 0 saturated heterocycles. The van der Waals surface area contributed by atoms with E-state index in [2.05, 4.69) is 0 Å². The smallest absolute Gasteiger partial charge is 0.0587 e. The molecule has 0 aromatic heterocycles. The zero-order chi connectivity index (χ0) is 8.85. The summed E-state index contributed by atoms with van der Waals surface area (Å²) in [4.78, 5) is 0. The molecular formula is C9H20O2. The van der Waals surface area contributed by atoms with E-state index in [1.165, 1.54) is 0 Å². The first-order valence-corrected chi connectivity index (χ1v) is 4.44. The predicted molar refractivity (Wildman–Crippen MR) is 46.4 cm³/mol. The monoisotopic (exact) mass is 160 g/mol. The molecule has 0 rings (SSSR count). The van der Waals surface area contributed by atoms with Crippen LogP contribution < -0.4 is 0 Å². The maximum absolute atomic E-state index is 9.36. The molecular weight excluding hydrogens is 140 g/mol. The van der Waals surface area contributed by atoms with Gasteiger partial charge in [-0.25, -0.2) is 0 Å². The molecule has 68 valence electrons. The fraction of sp³-hybridized carbons (Fsp3) is 1.00. The molecule has 2 N–H and O–H groups in total. The average Bonchev–Trinajstić information content (AvgIpc) is 1.87. The van der Waals surface area contributed by atoms with E-state index in [1.807, 2.05) is 20.8 Å². The molecule has 0 saturated carbocycles. The van der Waals surface area contributed by atoms with Crippen molar-refractivity contribution in [1.82, 2.24) is 0 Å². The lowest BCUT2D eigenvalue weighted by atomic mass is 9.99. The van der Waals surface area contributed by atoms with E-state index in [0.29, 0.717) is 6.42 Å². The van der Waals surface area contributed by atoms with Crippen molar-refractivity contribution in [3.63, 3.8) is 0 Å². The predicted octanol–water partition coefficient (Wildman–Crippen LogP) is 1.55. The van der Waals surface area contributed by atoms with E-state index >= 15 is 0 Å². The standard InChI is InChI=1S/C9H20O2/c1-4-5-8(10)6-9(11)7(2)3/h7-11H,4-6H2,1-3H3/t8-,9?/m1/s1. The van der Waals surface area contributed by atoms with Crippen molar-refractivity contribution in [2.75, 3.05) is 0 Å². The molecule has 0 aliphatic carbocycles. The van der Waals surface area contributed by atoms with Gasteiger partial charge in [-0.2, -0.15) is 0 Å². The van der Waals surface area contributed by atoms with Gasteiger partial charge in [0.15, 0.2) is 0 Å². The Kier molecular flexibility index (Phi) is 5.51. The van der Waals surface area contributed by atoms with Gasteiger partial charge in [0.2, 0.25) is 0 Å². The molecule has 0 heterocycles. The number of hydrogen-bond donors (Lipinski definition) is 2. The van der Waals surface area contributed by atoms with E-state index in [-0.39, 0.29) is 18.1 Å². The Morgan fingerprint density at radius 1 is 1.18 bits per heavy atom. The van der Waals surface area contributed by atoms with Crippen molar-refractivity contribution in [2.24, 2.45) is 5.92 Å². The highest BCUT2D eigenvalue weighted by molar-refractivity contribution is 4.65. The zero-order valence-electron chi connectivity index (χ0n) is 7.75. The molecule has 0 aromatic rings. The van der Waals surface area contributed by atoms with E-state index < -0.39 is 0 Å². The number of aliphatic hydroxyl groups is 2. The van der Waals surface area contributed by atoms with Crippen LogP contribution in [0.25, 0.3) is 0 Å². The first-order chi connectivity index (χ1) is 5.07. The van der Waals surface area contributed by atoms with E-state index in [9.17, 15) is 10.2 Å². The summed E-state index contributed by atoms with van der Waals surface area (Å²) >= 11 is 0. The van der Waals surface area contributed by atoms with Gasteiger partial charge in [0.1, 0.15) is 0 Å². The van der Waals surface area contributed by atoms with Crippen molar-refractivity contribution in [3.05, 3.63) is 0 Å². The molecule has 2 nitrogen and oxygen atoms in total. The van der Waals surface area contributed by atoms with Crippen LogP contribution in [-0.2, 0) is 0 Å². The van der Waals surface area contributed by atoms with Crippen LogP contribution >= 0.6 is 0 Å². The summed E-state index contributed by atoms with van der Waals surface area (Å²) in [6, 6.07) is 0. The van der Waals surface area contributed by atoms with Gasteiger partial charge in [-0.1, -0.05) is 27.2 Å². The number of rotatable bonds is 5. The van der Waals surface area contributed by atoms with Gasteiger partial charge in [-0.15, -0.1) is 0 Å². The Labute approximate surface area is 69.2 Å². The molecule has 0 spiro atoms. The first-order valence-electron chi connectivity index (χ1n) is 4.44. The minimum absolute atomic E-state index is 0.251. The summed E-state index contributed by atoms with van der Waals surface area (Å²) in [6.45, 7) is 5.96. The van der Waals surface area contributed by atoms with Crippen molar-refractivity contribution in [2.45, 2.75) is 52.2 Å². The van der Waals surface area contributed by atoms with Gasteiger partial charge in [0, 0.05) is 0 Å². The molecule has 0 fully saturated rings. The molecule has 0 radical (unpaired) electrons. The second-order valence-corrected chi connectivity index (χ2v) is 3.49. The van der Waals surface area contributed by atoms with Crippen LogP contribution in [0.5, 0.6) is 0 Å². The maximum atomic E-state index is 9.36. The maximum Gasteiger partial charge on any atom is 0.0587 e. The third-order valence-electron chi connectivity index (χ3n) is 1.91. The van der Waals surface area contributed by atoms with Gasteiger partial charge < -0.3 is 10.2 Å². The number of aliphatic hydroxyl groups excluding tert-OH is 2. The minimum atomic E-state index is -0.350. The summed E-state index contributed by atoms with van der Waals surface area (Å²) in [5, 5.41) is 18.7. The van der Waals surface area contributed by atoms with Crippen molar-refractivity contribution in [1.29, 1.82) is 0 Å². The van der Waals surface area contributed by atoms with Gasteiger partial charge in [-0.3, -0.25) is 0 Å². The van der Waals surface area contributed by atoms with Gasteiger partial charge in [0.25, 0.3) is 0 Å². The van der Waals surface area contributed by atoms with Crippen LogP contribution in [0.3, 0.4) is 0 Å². The van der Waals surface area contributed by atoms with Crippen molar-refractivity contribution >= 4 is 0 Å². The first kappa shape index (κ1) is 10.9. The molecule has 0 aliphatic heterocycles. The van der Waals surface area contributed by atoms with Gasteiger partial charge in [-0.05, 0) is 18.8 Å². The molecule has 11 heavy (non-hydrogen) atoms. The summed E-state index contributed by atoms with van der Waals surface area (Å²) in [7, 11) is 0. The van der Waals surface area contributed by atoms with E-state index in [0.717, 1.165) is 12.8 Å². The molecule has 2 heteroatoms. The molecule has 0 aliphatic rings. The fourth-order valence-corrected chi connectivity index (χ4v) is 1.00. The van der Waals surface area contributed by atoms with Crippen LogP contribution in [-0.4, -0.2) is 22.4 Å².